The summed E-state index contributed by atoms with van der Waals surface area (Å²) < 4.78 is 5.58. The first-order valence-electron chi connectivity index (χ1n) is 6.46. The van der Waals surface area contributed by atoms with Gasteiger partial charge in [-0.3, -0.25) is 4.79 Å². The summed E-state index contributed by atoms with van der Waals surface area (Å²) in [6, 6.07) is 5.47. The van der Waals surface area contributed by atoms with Crippen molar-refractivity contribution in [3.05, 3.63) is 23.8 Å². The third-order valence-electron chi connectivity index (χ3n) is 3.11. The molecule has 0 atom stereocenters. The van der Waals surface area contributed by atoms with Crippen LogP contribution in [0.2, 0.25) is 0 Å². The van der Waals surface area contributed by atoms with Crippen molar-refractivity contribution in [3.63, 3.8) is 0 Å². The SMILES string of the molecule is CC(C)(CCO)NC(=O)c1cccc2c1OCCN2. The fourth-order valence-corrected chi connectivity index (χ4v) is 2.07. The summed E-state index contributed by atoms with van der Waals surface area (Å²) in [6.07, 6.45) is 0.507. The van der Waals surface area contributed by atoms with Crippen molar-refractivity contribution in [3.8, 4) is 5.75 Å². The predicted molar refractivity (Wildman–Crippen MR) is 73.7 cm³/mol. The number of anilines is 1. The van der Waals surface area contributed by atoms with Crippen molar-refractivity contribution in [2.45, 2.75) is 25.8 Å². The Hall–Kier alpha value is -1.75. The van der Waals surface area contributed by atoms with Crippen molar-refractivity contribution >= 4 is 11.6 Å². The molecule has 0 radical (unpaired) electrons. The maximum atomic E-state index is 12.3. The van der Waals surface area contributed by atoms with E-state index < -0.39 is 5.54 Å². The van der Waals surface area contributed by atoms with Gasteiger partial charge in [-0.15, -0.1) is 0 Å². The standard InChI is InChI=1S/C14H20N2O3/c1-14(2,6-8-17)16-13(18)10-4-3-5-11-12(10)19-9-7-15-11/h3-5,15,17H,6-9H2,1-2H3,(H,16,18). The maximum Gasteiger partial charge on any atom is 0.255 e. The minimum Gasteiger partial charge on any atom is -0.489 e. The molecule has 3 N–H and O–H groups in total. The molecule has 1 aromatic carbocycles. The summed E-state index contributed by atoms with van der Waals surface area (Å²) in [7, 11) is 0. The molecule has 0 saturated carbocycles. The lowest BCUT2D eigenvalue weighted by atomic mass is 10.00. The lowest BCUT2D eigenvalue weighted by Crippen LogP contribution is -2.44. The van der Waals surface area contributed by atoms with Gasteiger partial charge < -0.3 is 20.5 Å². The Morgan fingerprint density at radius 1 is 1.53 bits per heavy atom. The van der Waals surface area contributed by atoms with Crippen LogP contribution in [0.4, 0.5) is 5.69 Å². The molecule has 5 heteroatoms. The number of fused-ring (bicyclic) bond motifs is 1. The number of nitrogens with one attached hydrogen (secondary N) is 2. The summed E-state index contributed by atoms with van der Waals surface area (Å²) in [4.78, 5) is 12.3. The van der Waals surface area contributed by atoms with Crippen molar-refractivity contribution in [2.75, 3.05) is 25.1 Å². The molecule has 0 aliphatic carbocycles. The minimum atomic E-state index is -0.448. The fraction of sp³-hybridized carbons (Fsp3) is 0.500. The van der Waals surface area contributed by atoms with Crippen LogP contribution in [-0.4, -0.2) is 36.3 Å². The molecule has 0 saturated heterocycles. The predicted octanol–water partition coefficient (Wildman–Crippen LogP) is 1.38. The molecule has 0 aromatic heterocycles. The van der Waals surface area contributed by atoms with Gasteiger partial charge in [0, 0.05) is 18.7 Å². The molecule has 1 heterocycles. The van der Waals surface area contributed by atoms with Gasteiger partial charge in [-0.2, -0.15) is 0 Å². The van der Waals surface area contributed by atoms with E-state index in [4.69, 9.17) is 9.84 Å². The summed E-state index contributed by atoms with van der Waals surface area (Å²) >= 11 is 0. The summed E-state index contributed by atoms with van der Waals surface area (Å²) in [5, 5.41) is 15.1. The Morgan fingerprint density at radius 3 is 3.05 bits per heavy atom. The van der Waals surface area contributed by atoms with E-state index in [0.717, 1.165) is 12.2 Å². The monoisotopic (exact) mass is 264 g/mol. The highest BCUT2D eigenvalue weighted by Crippen LogP contribution is 2.31. The van der Waals surface area contributed by atoms with Crippen LogP contribution in [0.15, 0.2) is 18.2 Å². The van der Waals surface area contributed by atoms with Gasteiger partial charge in [-0.1, -0.05) is 6.07 Å². The number of benzene rings is 1. The second-order valence-corrected chi connectivity index (χ2v) is 5.27. The number of hydrogen-bond donors (Lipinski definition) is 3. The van der Waals surface area contributed by atoms with Crippen LogP contribution in [0.5, 0.6) is 5.75 Å². The molecule has 5 nitrogen and oxygen atoms in total. The topological polar surface area (TPSA) is 70.6 Å². The van der Waals surface area contributed by atoms with Gasteiger partial charge in [0.25, 0.3) is 5.91 Å². The number of aliphatic hydroxyl groups is 1. The van der Waals surface area contributed by atoms with E-state index in [1.54, 1.807) is 6.07 Å². The lowest BCUT2D eigenvalue weighted by molar-refractivity contribution is 0.0895. The number of para-hydroxylation sites is 1. The van der Waals surface area contributed by atoms with Crippen LogP contribution >= 0.6 is 0 Å². The molecular weight excluding hydrogens is 244 g/mol. The highest BCUT2D eigenvalue weighted by molar-refractivity contribution is 5.99. The van der Waals surface area contributed by atoms with E-state index in [1.807, 2.05) is 26.0 Å². The molecule has 0 unspecified atom stereocenters. The van der Waals surface area contributed by atoms with E-state index in [1.165, 1.54) is 0 Å². The summed E-state index contributed by atoms with van der Waals surface area (Å²) in [5.74, 6) is 0.421. The average molecular weight is 264 g/mol. The van der Waals surface area contributed by atoms with Gasteiger partial charge in [-0.05, 0) is 32.4 Å². The van der Waals surface area contributed by atoms with Crippen molar-refractivity contribution in [1.82, 2.24) is 5.32 Å². The van der Waals surface area contributed by atoms with Crippen LogP contribution in [0.1, 0.15) is 30.6 Å². The first-order chi connectivity index (χ1) is 9.03. The number of carbonyl (C=O) groups excluding carboxylic acids is 1. The lowest BCUT2D eigenvalue weighted by Gasteiger charge is -2.27. The smallest absolute Gasteiger partial charge is 0.255 e. The van der Waals surface area contributed by atoms with Gasteiger partial charge >= 0.3 is 0 Å². The molecule has 1 aliphatic rings. The Balaban J connectivity index is 2.20. The van der Waals surface area contributed by atoms with Gasteiger partial charge in [0.2, 0.25) is 0 Å². The van der Waals surface area contributed by atoms with Crippen LogP contribution in [0.25, 0.3) is 0 Å². The molecular formula is C14H20N2O3. The minimum absolute atomic E-state index is 0.0399. The van der Waals surface area contributed by atoms with E-state index >= 15 is 0 Å². The first-order valence-corrected chi connectivity index (χ1v) is 6.46. The zero-order chi connectivity index (χ0) is 13.9. The van der Waals surface area contributed by atoms with E-state index in [9.17, 15) is 4.79 Å². The molecule has 0 fully saturated rings. The molecule has 1 aromatic rings. The summed E-state index contributed by atoms with van der Waals surface area (Å²) in [6.45, 7) is 5.11. The van der Waals surface area contributed by atoms with Crippen LogP contribution in [0.3, 0.4) is 0 Å². The molecule has 104 valence electrons. The Bertz CT molecular complexity index is 472. The molecule has 2 rings (SSSR count). The normalized spacial score (nSPS) is 14.1. The number of amides is 1. The van der Waals surface area contributed by atoms with Crippen LogP contribution < -0.4 is 15.4 Å². The van der Waals surface area contributed by atoms with Crippen molar-refractivity contribution < 1.29 is 14.6 Å². The van der Waals surface area contributed by atoms with E-state index in [-0.39, 0.29) is 12.5 Å². The zero-order valence-electron chi connectivity index (χ0n) is 11.3. The maximum absolute atomic E-state index is 12.3. The number of ether oxygens (including phenoxy) is 1. The quantitative estimate of drug-likeness (QED) is 0.768. The van der Waals surface area contributed by atoms with Crippen LogP contribution in [0, 0.1) is 0 Å². The Kier molecular flexibility index (Phi) is 3.95. The largest absolute Gasteiger partial charge is 0.489 e. The summed E-state index contributed by atoms with van der Waals surface area (Å²) in [5.41, 5.74) is 0.922. The molecule has 0 bridgehead atoms. The highest BCUT2D eigenvalue weighted by atomic mass is 16.5. The molecule has 1 amide bonds. The third kappa shape index (κ3) is 3.17. The highest BCUT2D eigenvalue weighted by Gasteiger charge is 2.24. The number of rotatable bonds is 4. The van der Waals surface area contributed by atoms with Crippen molar-refractivity contribution in [2.24, 2.45) is 0 Å². The number of hydrogen-bond acceptors (Lipinski definition) is 4. The number of aliphatic hydroxyl groups excluding tert-OH is 1. The van der Waals surface area contributed by atoms with Gasteiger partial charge in [0.1, 0.15) is 6.61 Å². The van der Waals surface area contributed by atoms with Crippen molar-refractivity contribution in [1.29, 1.82) is 0 Å². The molecule has 1 aliphatic heterocycles. The van der Waals surface area contributed by atoms with Crippen LogP contribution in [-0.2, 0) is 0 Å². The number of carbonyl (C=O) groups is 1. The second-order valence-electron chi connectivity index (χ2n) is 5.27. The van der Waals surface area contributed by atoms with Gasteiger partial charge in [0.15, 0.2) is 5.75 Å². The first kappa shape index (κ1) is 13.7. The second kappa shape index (κ2) is 5.48. The zero-order valence-corrected chi connectivity index (χ0v) is 11.3. The van der Waals surface area contributed by atoms with E-state index in [2.05, 4.69) is 10.6 Å². The molecule has 19 heavy (non-hydrogen) atoms. The molecule has 0 spiro atoms. The Morgan fingerprint density at radius 2 is 2.32 bits per heavy atom. The fourth-order valence-electron chi connectivity index (χ4n) is 2.07. The van der Waals surface area contributed by atoms with Gasteiger partial charge in [-0.25, -0.2) is 0 Å². The van der Waals surface area contributed by atoms with Gasteiger partial charge in [0.05, 0.1) is 11.3 Å². The third-order valence-corrected chi connectivity index (χ3v) is 3.11. The average Bonchev–Trinajstić information content (AvgIpc) is 2.37. The Labute approximate surface area is 113 Å². The van der Waals surface area contributed by atoms with E-state index in [0.29, 0.717) is 24.3 Å².